The van der Waals surface area contributed by atoms with Crippen LogP contribution in [0.5, 0.6) is 11.5 Å². The van der Waals surface area contributed by atoms with Gasteiger partial charge in [0.15, 0.2) is 16.7 Å². The lowest BCUT2D eigenvalue weighted by Gasteiger charge is -2.37. The third-order valence-electron chi connectivity index (χ3n) is 4.94. The highest BCUT2D eigenvalue weighted by atomic mass is 35.5. The molecule has 1 aromatic carbocycles. The predicted octanol–water partition coefficient (Wildman–Crippen LogP) is 3.00. The Kier molecular flexibility index (Phi) is 6.28. The van der Waals surface area contributed by atoms with E-state index in [0.29, 0.717) is 35.4 Å². The molecule has 0 unspecified atom stereocenters. The lowest BCUT2D eigenvalue weighted by atomic mass is 10.1. The third-order valence-corrected chi connectivity index (χ3v) is 5.96. The van der Waals surface area contributed by atoms with Crippen LogP contribution in [0.3, 0.4) is 0 Å². The molecule has 0 atom stereocenters. The summed E-state index contributed by atoms with van der Waals surface area (Å²) in [4.78, 5) is 13.4. The average Bonchev–Trinajstić information content (AvgIpc) is 2.73. The highest BCUT2D eigenvalue weighted by Gasteiger charge is 2.25. The van der Waals surface area contributed by atoms with E-state index in [1.807, 2.05) is 19.1 Å². The fourth-order valence-corrected chi connectivity index (χ4v) is 4.70. The van der Waals surface area contributed by atoms with Crippen molar-refractivity contribution >= 4 is 29.1 Å². The van der Waals surface area contributed by atoms with Crippen LogP contribution in [0.15, 0.2) is 23.4 Å². The van der Waals surface area contributed by atoms with Gasteiger partial charge in [0.25, 0.3) is 0 Å². The van der Waals surface area contributed by atoms with Gasteiger partial charge in [0, 0.05) is 44.2 Å². The van der Waals surface area contributed by atoms with Crippen LogP contribution in [-0.2, 0) is 0 Å². The Morgan fingerprint density at radius 2 is 1.90 bits per heavy atom. The van der Waals surface area contributed by atoms with Crippen LogP contribution in [0, 0.1) is 18.3 Å². The summed E-state index contributed by atoms with van der Waals surface area (Å²) >= 11 is 7.64. The second kappa shape index (κ2) is 9.08. The number of anilines is 1. The smallest absolute Gasteiger partial charge is 0.189 e. The molecule has 7 nitrogen and oxygen atoms in total. The molecule has 3 heterocycles. The van der Waals surface area contributed by atoms with Crippen molar-refractivity contribution in [2.45, 2.75) is 12.1 Å². The summed E-state index contributed by atoms with van der Waals surface area (Å²) in [5, 5.41) is 10.5. The van der Waals surface area contributed by atoms with Crippen molar-refractivity contribution in [1.82, 2.24) is 14.9 Å². The highest BCUT2D eigenvalue weighted by molar-refractivity contribution is 7.99. The number of nitrogens with zero attached hydrogens (tertiary/aromatic N) is 5. The standard InChI is InChI=1S/C20H22ClN5O2S/c1-14-12-17(21)24-20(23-14)29-11-8-25-4-6-26(7-5-25)16-3-2-15(13-22)18-19(16)28-10-9-27-18/h2-3,12H,4-11H2,1H3. The number of aromatic nitrogens is 2. The Labute approximate surface area is 179 Å². The number of halogens is 1. The quantitative estimate of drug-likeness (QED) is 0.406. The topological polar surface area (TPSA) is 74.5 Å². The minimum Gasteiger partial charge on any atom is -0.485 e. The minimum absolute atomic E-state index is 0.479. The van der Waals surface area contributed by atoms with Crippen LogP contribution >= 0.6 is 23.4 Å². The number of fused-ring (bicyclic) bond motifs is 1. The van der Waals surface area contributed by atoms with Crippen molar-refractivity contribution in [1.29, 1.82) is 5.26 Å². The molecular weight excluding hydrogens is 410 g/mol. The van der Waals surface area contributed by atoms with Crippen LogP contribution in [0.25, 0.3) is 0 Å². The number of piperazine rings is 1. The fourth-order valence-electron chi connectivity index (χ4n) is 3.51. The molecule has 0 N–H and O–H groups in total. The van der Waals surface area contributed by atoms with Gasteiger partial charge >= 0.3 is 0 Å². The van der Waals surface area contributed by atoms with Gasteiger partial charge in [0.2, 0.25) is 0 Å². The number of thioether (sulfide) groups is 1. The number of benzene rings is 1. The average molecular weight is 432 g/mol. The van der Waals surface area contributed by atoms with Crippen LogP contribution in [0.4, 0.5) is 5.69 Å². The molecule has 1 aromatic heterocycles. The third kappa shape index (κ3) is 4.69. The summed E-state index contributed by atoms with van der Waals surface area (Å²) < 4.78 is 11.6. The second-order valence-corrected chi connectivity index (χ2v) is 8.34. The Bertz CT molecular complexity index is 908. The molecule has 2 aliphatic rings. The minimum atomic E-state index is 0.479. The lowest BCUT2D eigenvalue weighted by Crippen LogP contribution is -2.47. The van der Waals surface area contributed by atoms with Crippen molar-refractivity contribution in [2.24, 2.45) is 0 Å². The van der Waals surface area contributed by atoms with Gasteiger partial charge in [0.1, 0.15) is 24.4 Å². The molecule has 0 radical (unpaired) electrons. The second-order valence-electron chi connectivity index (χ2n) is 6.89. The zero-order valence-electron chi connectivity index (χ0n) is 16.2. The Morgan fingerprint density at radius 1 is 1.14 bits per heavy atom. The first-order valence-electron chi connectivity index (χ1n) is 9.58. The van der Waals surface area contributed by atoms with Crippen molar-refractivity contribution in [3.63, 3.8) is 0 Å². The molecule has 0 aliphatic carbocycles. The van der Waals surface area contributed by atoms with E-state index in [-0.39, 0.29) is 0 Å². The van der Waals surface area contributed by atoms with E-state index < -0.39 is 0 Å². The van der Waals surface area contributed by atoms with Gasteiger partial charge in [0.05, 0.1) is 11.3 Å². The van der Waals surface area contributed by atoms with E-state index in [1.54, 1.807) is 17.8 Å². The summed E-state index contributed by atoms with van der Waals surface area (Å²) in [5.74, 6) is 2.20. The van der Waals surface area contributed by atoms with Crippen LogP contribution in [0.2, 0.25) is 5.15 Å². The molecule has 0 amide bonds. The molecule has 4 rings (SSSR count). The largest absolute Gasteiger partial charge is 0.485 e. The molecule has 1 saturated heterocycles. The van der Waals surface area contributed by atoms with Gasteiger partial charge in [-0.05, 0) is 25.1 Å². The molecule has 2 aliphatic heterocycles. The van der Waals surface area contributed by atoms with Crippen LogP contribution in [-0.4, -0.2) is 66.6 Å². The highest BCUT2D eigenvalue weighted by Crippen LogP contribution is 2.42. The molecule has 2 aromatic rings. The Balaban J connectivity index is 1.32. The summed E-state index contributed by atoms with van der Waals surface area (Å²) in [6, 6.07) is 7.74. The summed E-state index contributed by atoms with van der Waals surface area (Å²) in [5.41, 5.74) is 2.42. The normalized spacial score (nSPS) is 16.5. The monoisotopic (exact) mass is 431 g/mol. The number of ether oxygens (including phenoxy) is 2. The first kappa shape index (κ1) is 20.1. The van der Waals surface area contributed by atoms with E-state index in [4.69, 9.17) is 21.1 Å². The van der Waals surface area contributed by atoms with E-state index in [1.165, 1.54) is 0 Å². The molecule has 0 bridgehead atoms. The molecule has 152 valence electrons. The molecule has 0 saturated carbocycles. The number of hydrogen-bond acceptors (Lipinski definition) is 8. The van der Waals surface area contributed by atoms with Crippen molar-refractivity contribution in [3.05, 3.63) is 34.6 Å². The SMILES string of the molecule is Cc1cc(Cl)nc(SCCN2CCN(c3ccc(C#N)c4c3OCCO4)CC2)n1. The number of hydrogen-bond donors (Lipinski definition) is 0. The van der Waals surface area contributed by atoms with Crippen molar-refractivity contribution < 1.29 is 9.47 Å². The van der Waals surface area contributed by atoms with Crippen molar-refractivity contribution in [3.8, 4) is 17.6 Å². The summed E-state index contributed by atoms with van der Waals surface area (Å²) in [6.45, 7) is 7.62. The number of aryl methyl sites for hydroxylation is 1. The van der Waals surface area contributed by atoms with Gasteiger partial charge in [-0.25, -0.2) is 9.97 Å². The van der Waals surface area contributed by atoms with Crippen LogP contribution in [0.1, 0.15) is 11.3 Å². The zero-order chi connectivity index (χ0) is 20.2. The Morgan fingerprint density at radius 3 is 2.62 bits per heavy atom. The predicted molar refractivity (Wildman–Crippen MR) is 113 cm³/mol. The van der Waals surface area contributed by atoms with Crippen molar-refractivity contribution in [2.75, 3.05) is 56.6 Å². The van der Waals surface area contributed by atoms with E-state index in [0.717, 1.165) is 55.0 Å². The molecule has 29 heavy (non-hydrogen) atoms. The van der Waals surface area contributed by atoms with Crippen LogP contribution < -0.4 is 14.4 Å². The molecule has 9 heteroatoms. The first-order valence-corrected chi connectivity index (χ1v) is 10.9. The molecular formula is C20H22ClN5O2S. The maximum absolute atomic E-state index is 9.30. The van der Waals surface area contributed by atoms with E-state index in [9.17, 15) is 5.26 Å². The summed E-state index contributed by atoms with van der Waals surface area (Å²) in [7, 11) is 0. The maximum Gasteiger partial charge on any atom is 0.189 e. The van der Waals surface area contributed by atoms with Gasteiger partial charge < -0.3 is 14.4 Å². The van der Waals surface area contributed by atoms with Gasteiger partial charge in [-0.1, -0.05) is 23.4 Å². The van der Waals surface area contributed by atoms with Gasteiger partial charge in [-0.15, -0.1) is 0 Å². The maximum atomic E-state index is 9.30. The zero-order valence-corrected chi connectivity index (χ0v) is 17.8. The van der Waals surface area contributed by atoms with E-state index >= 15 is 0 Å². The summed E-state index contributed by atoms with van der Waals surface area (Å²) in [6.07, 6.45) is 0. The fraction of sp³-hybridized carbons (Fsp3) is 0.450. The Hall–Kier alpha value is -2.21. The van der Waals surface area contributed by atoms with Gasteiger partial charge in [-0.2, -0.15) is 5.26 Å². The van der Waals surface area contributed by atoms with Gasteiger partial charge in [-0.3, -0.25) is 4.90 Å². The molecule has 1 fully saturated rings. The first-order chi connectivity index (χ1) is 14.1. The lowest BCUT2D eigenvalue weighted by molar-refractivity contribution is 0.171. The number of nitriles is 1. The van der Waals surface area contributed by atoms with E-state index in [2.05, 4.69) is 25.8 Å². The number of rotatable bonds is 5. The molecule has 0 spiro atoms.